The van der Waals surface area contributed by atoms with Gasteiger partial charge in [0.2, 0.25) is 0 Å². The van der Waals surface area contributed by atoms with Crippen LogP contribution in [0, 0.1) is 13.8 Å². The Morgan fingerprint density at radius 1 is 1.25 bits per heavy atom. The Labute approximate surface area is 124 Å². The van der Waals surface area contributed by atoms with E-state index in [2.05, 4.69) is 56.1 Å². The molecular formula is C18H30N2. The van der Waals surface area contributed by atoms with E-state index in [0.29, 0.717) is 12.1 Å². The normalized spacial score (nSPS) is 19.2. The molecule has 1 aliphatic rings. The maximum atomic E-state index is 3.83. The lowest BCUT2D eigenvalue weighted by atomic mass is 9.97. The number of rotatable bonds is 5. The molecule has 0 aromatic heterocycles. The van der Waals surface area contributed by atoms with Crippen molar-refractivity contribution in [2.75, 3.05) is 19.6 Å². The van der Waals surface area contributed by atoms with Crippen LogP contribution in [0.5, 0.6) is 0 Å². The summed E-state index contributed by atoms with van der Waals surface area (Å²) in [6.07, 6.45) is 3.85. The van der Waals surface area contributed by atoms with Gasteiger partial charge in [0, 0.05) is 12.1 Å². The first-order valence-electron chi connectivity index (χ1n) is 8.15. The predicted molar refractivity (Wildman–Crippen MR) is 87.2 cm³/mol. The highest BCUT2D eigenvalue weighted by Crippen LogP contribution is 2.21. The Balaban J connectivity index is 1.87. The van der Waals surface area contributed by atoms with Crippen LogP contribution in [0.1, 0.15) is 55.8 Å². The van der Waals surface area contributed by atoms with Crippen LogP contribution in [0.2, 0.25) is 0 Å². The average molecular weight is 274 g/mol. The molecule has 0 radical (unpaired) electrons. The fourth-order valence-corrected chi connectivity index (χ4v) is 3.39. The van der Waals surface area contributed by atoms with Gasteiger partial charge in [-0.1, -0.05) is 30.7 Å². The molecule has 1 aliphatic heterocycles. The van der Waals surface area contributed by atoms with E-state index in [-0.39, 0.29) is 0 Å². The Morgan fingerprint density at radius 3 is 2.55 bits per heavy atom. The molecule has 1 atom stereocenters. The van der Waals surface area contributed by atoms with Gasteiger partial charge in [-0.2, -0.15) is 0 Å². The van der Waals surface area contributed by atoms with E-state index < -0.39 is 0 Å². The largest absolute Gasteiger partial charge is 0.307 e. The number of aryl methyl sites for hydroxylation is 2. The van der Waals surface area contributed by atoms with Crippen LogP contribution < -0.4 is 5.32 Å². The minimum absolute atomic E-state index is 0.457. The summed E-state index contributed by atoms with van der Waals surface area (Å²) in [5.41, 5.74) is 4.21. The average Bonchev–Trinajstić information content (AvgIpc) is 2.41. The van der Waals surface area contributed by atoms with Gasteiger partial charge >= 0.3 is 0 Å². The van der Waals surface area contributed by atoms with E-state index in [4.69, 9.17) is 0 Å². The molecule has 1 N–H and O–H groups in total. The van der Waals surface area contributed by atoms with E-state index in [9.17, 15) is 0 Å². The lowest BCUT2D eigenvalue weighted by Crippen LogP contribution is -2.43. The molecule has 0 spiro atoms. The molecule has 1 fully saturated rings. The summed E-state index contributed by atoms with van der Waals surface area (Å²) in [4.78, 5) is 2.60. The summed E-state index contributed by atoms with van der Waals surface area (Å²) >= 11 is 0. The fraction of sp³-hybridized carbons (Fsp3) is 0.667. The zero-order chi connectivity index (χ0) is 14.5. The molecule has 1 heterocycles. The number of piperidine rings is 1. The van der Waals surface area contributed by atoms with Crippen LogP contribution in [-0.4, -0.2) is 30.6 Å². The van der Waals surface area contributed by atoms with Crippen molar-refractivity contribution in [2.24, 2.45) is 0 Å². The Morgan fingerprint density at radius 2 is 1.95 bits per heavy atom. The maximum absolute atomic E-state index is 3.83. The SMILES string of the molecule is CCCN1CCC(NC(C)c2ccc(C)cc2C)CC1. The van der Waals surface area contributed by atoms with Crippen LogP contribution in [-0.2, 0) is 0 Å². The second-order valence-corrected chi connectivity index (χ2v) is 6.36. The minimum atomic E-state index is 0.457. The van der Waals surface area contributed by atoms with E-state index in [1.165, 1.54) is 55.6 Å². The Bertz CT molecular complexity index is 419. The van der Waals surface area contributed by atoms with Crippen LogP contribution in [0.15, 0.2) is 18.2 Å². The molecule has 1 aromatic carbocycles. The minimum Gasteiger partial charge on any atom is -0.307 e. The van der Waals surface area contributed by atoms with Crippen LogP contribution >= 0.6 is 0 Å². The zero-order valence-electron chi connectivity index (χ0n) is 13.6. The van der Waals surface area contributed by atoms with Crippen LogP contribution in [0.3, 0.4) is 0 Å². The summed E-state index contributed by atoms with van der Waals surface area (Å²) < 4.78 is 0. The van der Waals surface area contributed by atoms with E-state index in [1.807, 2.05) is 0 Å². The van der Waals surface area contributed by atoms with Gasteiger partial charge in [0.1, 0.15) is 0 Å². The van der Waals surface area contributed by atoms with Gasteiger partial charge in [0.05, 0.1) is 0 Å². The van der Waals surface area contributed by atoms with Crippen molar-refractivity contribution < 1.29 is 0 Å². The van der Waals surface area contributed by atoms with Gasteiger partial charge in [-0.25, -0.2) is 0 Å². The molecule has 0 amide bonds. The zero-order valence-corrected chi connectivity index (χ0v) is 13.6. The molecule has 112 valence electrons. The molecule has 1 unspecified atom stereocenters. The first-order chi connectivity index (χ1) is 9.60. The van der Waals surface area contributed by atoms with Crippen molar-refractivity contribution in [2.45, 2.75) is 59.0 Å². The first-order valence-corrected chi connectivity index (χ1v) is 8.15. The molecule has 1 aromatic rings. The third kappa shape index (κ3) is 4.07. The van der Waals surface area contributed by atoms with Gasteiger partial charge in [0.25, 0.3) is 0 Å². The topological polar surface area (TPSA) is 15.3 Å². The van der Waals surface area contributed by atoms with E-state index in [1.54, 1.807) is 0 Å². The molecule has 0 saturated carbocycles. The molecular weight excluding hydrogens is 244 g/mol. The maximum Gasteiger partial charge on any atom is 0.0296 e. The Kier molecular flexibility index (Phi) is 5.62. The third-order valence-electron chi connectivity index (χ3n) is 4.50. The first kappa shape index (κ1) is 15.5. The second-order valence-electron chi connectivity index (χ2n) is 6.36. The third-order valence-corrected chi connectivity index (χ3v) is 4.50. The van der Waals surface area contributed by atoms with Gasteiger partial charge in [-0.15, -0.1) is 0 Å². The number of nitrogens with zero attached hydrogens (tertiary/aromatic N) is 1. The smallest absolute Gasteiger partial charge is 0.0296 e. The Hall–Kier alpha value is -0.860. The van der Waals surface area contributed by atoms with Crippen molar-refractivity contribution in [1.29, 1.82) is 0 Å². The quantitative estimate of drug-likeness (QED) is 0.878. The summed E-state index contributed by atoms with van der Waals surface area (Å²) in [5, 5.41) is 3.83. The van der Waals surface area contributed by atoms with Crippen LogP contribution in [0.25, 0.3) is 0 Å². The van der Waals surface area contributed by atoms with Crippen molar-refractivity contribution in [3.8, 4) is 0 Å². The van der Waals surface area contributed by atoms with Gasteiger partial charge in [-0.05, 0) is 70.8 Å². The number of benzene rings is 1. The fourth-order valence-electron chi connectivity index (χ4n) is 3.39. The molecule has 0 aliphatic carbocycles. The number of hydrogen-bond acceptors (Lipinski definition) is 2. The molecule has 20 heavy (non-hydrogen) atoms. The highest BCUT2D eigenvalue weighted by molar-refractivity contribution is 5.32. The van der Waals surface area contributed by atoms with E-state index in [0.717, 1.165) is 0 Å². The lowest BCUT2D eigenvalue weighted by molar-refractivity contribution is 0.192. The molecule has 2 heteroatoms. The van der Waals surface area contributed by atoms with Crippen molar-refractivity contribution in [3.05, 3.63) is 34.9 Å². The van der Waals surface area contributed by atoms with Gasteiger partial charge < -0.3 is 10.2 Å². The standard InChI is InChI=1S/C18H30N2/c1-5-10-20-11-8-17(9-12-20)19-16(4)18-7-6-14(2)13-15(18)3/h6-7,13,16-17,19H,5,8-12H2,1-4H3. The number of hydrogen-bond donors (Lipinski definition) is 1. The highest BCUT2D eigenvalue weighted by Gasteiger charge is 2.20. The van der Waals surface area contributed by atoms with Crippen molar-refractivity contribution in [3.63, 3.8) is 0 Å². The summed E-state index contributed by atoms with van der Waals surface area (Å²) in [5.74, 6) is 0. The molecule has 0 bridgehead atoms. The monoisotopic (exact) mass is 274 g/mol. The van der Waals surface area contributed by atoms with Crippen molar-refractivity contribution >= 4 is 0 Å². The lowest BCUT2D eigenvalue weighted by Gasteiger charge is -2.34. The number of likely N-dealkylation sites (tertiary alicyclic amines) is 1. The highest BCUT2D eigenvalue weighted by atomic mass is 15.1. The molecule has 1 saturated heterocycles. The van der Waals surface area contributed by atoms with E-state index >= 15 is 0 Å². The van der Waals surface area contributed by atoms with Crippen LogP contribution in [0.4, 0.5) is 0 Å². The summed E-state index contributed by atoms with van der Waals surface area (Å²) in [6, 6.07) is 7.94. The second kappa shape index (κ2) is 7.24. The predicted octanol–water partition coefficient (Wildman–Crippen LogP) is 3.83. The van der Waals surface area contributed by atoms with Crippen molar-refractivity contribution in [1.82, 2.24) is 10.2 Å². The summed E-state index contributed by atoms with van der Waals surface area (Å²) in [7, 11) is 0. The van der Waals surface area contributed by atoms with Gasteiger partial charge in [-0.3, -0.25) is 0 Å². The molecule has 2 nitrogen and oxygen atoms in total. The molecule has 2 rings (SSSR count). The number of nitrogens with one attached hydrogen (secondary N) is 1. The summed E-state index contributed by atoms with van der Waals surface area (Å²) in [6.45, 7) is 12.7. The van der Waals surface area contributed by atoms with Gasteiger partial charge in [0.15, 0.2) is 0 Å².